The topological polar surface area (TPSA) is 59.6 Å². The fourth-order valence-electron chi connectivity index (χ4n) is 3.02. The molecule has 3 fully saturated rings. The molecule has 0 aromatic rings. The van der Waals surface area contributed by atoms with Crippen LogP contribution >= 0.6 is 0 Å². The Labute approximate surface area is 114 Å². The minimum Gasteiger partial charge on any atom is -0.378 e. The molecule has 5 heteroatoms. The summed E-state index contributed by atoms with van der Waals surface area (Å²) < 4.78 is 11.4. The number of amides is 1. The SMILES string of the molecule is CC(NC1CCOC2(CCOC2)C1)C(=O)NC1CC1. The summed E-state index contributed by atoms with van der Waals surface area (Å²) in [7, 11) is 0. The van der Waals surface area contributed by atoms with E-state index in [9.17, 15) is 4.79 Å². The molecule has 0 aromatic heterocycles. The molecule has 3 atom stereocenters. The largest absolute Gasteiger partial charge is 0.378 e. The van der Waals surface area contributed by atoms with E-state index in [4.69, 9.17) is 9.47 Å². The third kappa shape index (κ3) is 3.27. The number of hydrogen-bond acceptors (Lipinski definition) is 4. The lowest BCUT2D eigenvalue weighted by molar-refractivity contribution is -0.124. The van der Waals surface area contributed by atoms with Gasteiger partial charge in [0.2, 0.25) is 5.91 Å². The minimum atomic E-state index is -0.122. The van der Waals surface area contributed by atoms with Crippen LogP contribution in [0.15, 0.2) is 0 Å². The minimum absolute atomic E-state index is 0.0946. The van der Waals surface area contributed by atoms with Gasteiger partial charge in [0, 0.05) is 31.7 Å². The highest BCUT2D eigenvalue weighted by Gasteiger charge is 2.41. The molecule has 2 aliphatic heterocycles. The highest BCUT2D eigenvalue weighted by Crippen LogP contribution is 2.32. The van der Waals surface area contributed by atoms with Gasteiger partial charge in [0.25, 0.3) is 0 Å². The smallest absolute Gasteiger partial charge is 0.237 e. The van der Waals surface area contributed by atoms with E-state index in [-0.39, 0.29) is 17.6 Å². The maximum atomic E-state index is 12.0. The lowest BCUT2D eigenvalue weighted by Crippen LogP contribution is -2.53. The zero-order valence-electron chi connectivity index (χ0n) is 11.6. The molecule has 1 spiro atoms. The number of ether oxygens (including phenoxy) is 2. The van der Waals surface area contributed by atoms with E-state index in [1.54, 1.807) is 0 Å². The second-order valence-electron chi connectivity index (χ2n) is 6.19. The van der Waals surface area contributed by atoms with Crippen molar-refractivity contribution in [3.63, 3.8) is 0 Å². The number of rotatable bonds is 4. The van der Waals surface area contributed by atoms with Gasteiger partial charge in [0.1, 0.15) is 0 Å². The first-order chi connectivity index (χ1) is 9.17. The van der Waals surface area contributed by atoms with Gasteiger partial charge in [0.05, 0.1) is 18.2 Å². The van der Waals surface area contributed by atoms with E-state index < -0.39 is 0 Å². The molecular weight excluding hydrogens is 244 g/mol. The number of hydrogen-bond donors (Lipinski definition) is 2. The van der Waals surface area contributed by atoms with Crippen molar-refractivity contribution in [2.45, 2.75) is 62.8 Å². The van der Waals surface area contributed by atoms with Crippen molar-refractivity contribution in [2.24, 2.45) is 0 Å². The summed E-state index contributed by atoms with van der Waals surface area (Å²) in [6.07, 6.45) is 5.18. The normalized spacial score (nSPS) is 36.4. The van der Waals surface area contributed by atoms with Crippen LogP contribution in [0.2, 0.25) is 0 Å². The van der Waals surface area contributed by atoms with E-state index in [0.717, 1.165) is 45.3 Å². The Morgan fingerprint density at radius 1 is 1.26 bits per heavy atom. The first-order valence-corrected chi connectivity index (χ1v) is 7.45. The first kappa shape index (κ1) is 13.3. The van der Waals surface area contributed by atoms with Gasteiger partial charge >= 0.3 is 0 Å². The molecule has 0 bridgehead atoms. The number of nitrogens with one attached hydrogen (secondary N) is 2. The summed E-state index contributed by atoms with van der Waals surface area (Å²) in [6, 6.07) is 0.666. The van der Waals surface area contributed by atoms with Crippen molar-refractivity contribution in [1.29, 1.82) is 0 Å². The quantitative estimate of drug-likeness (QED) is 0.783. The van der Waals surface area contributed by atoms with Crippen molar-refractivity contribution in [2.75, 3.05) is 19.8 Å². The van der Waals surface area contributed by atoms with Gasteiger partial charge < -0.3 is 20.1 Å². The van der Waals surface area contributed by atoms with Gasteiger partial charge in [-0.05, 0) is 32.6 Å². The molecule has 2 saturated heterocycles. The monoisotopic (exact) mass is 268 g/mol. The highest BCUT2D eigenvalue weighted by molar-refractivity contribution is 5.81. The van der Waals surface area contributed by atoms with Crippen LogP contribution in [0.1, 0.15) is 39.0 Å². The Morgan fingerprint density at radius 2 is 2.11 bits per heavy atom. The Hall–Kier alpha value is -0.650. The molecule has 108 valence electrons. The molecule has 3 unspecified atom stereocenters. The van der Waals surface area contributed by atoms with Crippen LogP contribution < -0.4 is 10.6 Å². The highest BCUT2D eigenvalue weighted by atomic mass is 16.6. The van der Waals surface area contributed by atoms with Crippen molar-refractivity contribution >= 4 is 5.91 Å². The van der Waals surface area contributed by atoms with Gasteiger partial charge in [-0.2, -0.15) is 0 Å². The van der Waals surface area contributed by atoms with Crippen LogP contribution in [0.25, 0.3) is 0 Å². The van der Waals surface area contributed by atoms with E-state index in [0.29, 0.717) is 18.7 Å². The predicted octanol–water partition coefficient (Wildman–Crippen LogP) is 0.581. The average Bonchev–Trinajstić information content (AvgIpc) is 3.10. The lowest BCUT2D eigenvalue weighted by Gasteiger charge is -2.38. The summed E-state index contributed by atoms with van der Waals surface area (Å²) in [4.78, 5) is 12.0. The van der Waals surface area contributed by atoms with Gasteiger partial charge in [-0.15, -0.1) is 0 Å². The summed E-state index contributed by atoms with van der Waals surface area (Å²) in [5.74, 6) is 0.130. The van der Waals surface area contributed by atoms with Gasteiger partial charge in [-0.25, -0.2) is 0 Å². The third-order valence-corrected chi connectivity index (χ3v) is 4.36. The lowest BCUT2D eigenvalue weighted by atomic mass is 9.89. The summed E-state index contributed by atoms with van der Waals surface area (Å²) in [5.41, 5.74) is -0.0946. The van der Waals surface area contributed by atoms with Crippen LogP contribution in [0, 0.1) is 0 Å². The van der Waals surface area contributed by atoms with Crippen molar-refractivity contribution in [1.82, 2.24) is 10.6 Å². The fourth-order valence-corrected chi connectivity index (χ4v) is 3.02. The van der Waals surface area contributed by atoms with E-state index in [1.165, 1.54) is 0 Å². The van der Waals surface area contributed by atoms with Gasteiger partial charge in [-0.1, -0.05) is 0 Å². The van der Waals surface area contributed by atoms with Crippen molar-refractivity contribution in [3.05, 3.63) is 0 Å². The molecule has 2 N–H and O–H groups in total. The van der Waals surface area contributed by atoms with Crippen LogP contribution in [0.5, 0.6) is 0 Å². The summed E-state index contributed by atoms with van der Waals surface area (Å²) >= 11 is 0. The number of carbonyl (C=O) groups excluding carboxylic acids is 1. The molecule has 2 heterocycles. The second-order valence-corrected chi connectivity index (χ2v) is 6.19. The maximum Gasteiger partial charge on any atom is 0.237 e. The molecule has 1 amide bonds. The Kier molecular flexibility index (Phi) is 3.78. The Bertz CT molecular complexity index is 338. The predicted molar refractivity (Wildman–Crippen MR) is 70.9 cm³/mol. The van der Waals surface area contributed by atoms with Gasteiger partial charge in [-0.3, -0.25) is 4.79 Å². The summed E-state index contributed by atoms with van der Waals surface area (Å²) in [5, 5.41) is 6.50. The zero-order chi connectivity index (χ0) is 13.3. The van der Waals surface area contributed by atoms with Crippen molar-refractivity contribution < 1.29 is 14.3 Å². The fraction of sp³-hybridized carbons (Fsp3) is 0.929. The van der Waals surface area contributed by atoms with Crippen molar-refractivity contribution in [3.8, 4) is 0 Å². The van der Waals surface area contributed by atoms with Crippen LogP contribution in [-0.4, -0.2) is 49.5 Å². The van der Waals surface area contributed by atoms with Gasteiger partial charge in [0.15, 0.2) is 0 Å². The number of carbonyl (C=O) groups is 1. The van der Waals surface area contributed by atoms with E-state index in [2.05, 4.69) is 10.6 Å². The van der Waals surface area contributed by atoms with Crippen LogP contribution in [-0.2, 0) is 14.3 Å². The van der Waals surface area contributed by atoms with E-state index >= 15 is 0 Å². The molecule has 3 aliphatic rings. The van der Waals surface area contributed by atoms with Crippen LogP contribution in [0.3, 0.4) is 0 Å². The molecule has 1 saturated carbocycles. The Morgan fingerprint density at radius 3 is 2.79 bits per heavy atom. The molecule has 3 rings (SSSR count). The molecular formula is C14H24N2O3. The third-order valence-electron chi connectivity index (χ3n) is 4.36. The zero-order valence-corrected chi connectivity index (χ0v) is 11.6. The molecule has 0 radical (unpaired) electrons. The Balaban J connectivity index is 1.49. The summed E-state index contributed by atoms with van der Waals surface area (Å²) in [6.45, 7) is 4.21. The molecule has 0 aromatic carbocycles. The average molecular weight is 268 g/mol. The van der Waals surface area contributed by atoms with E-state index in [1.807, 2.05) is 6.92 Å². The molecule has 1 aliphatic carbocycles. The molecule has 5 nitrogen and oxygen atoms in total. The maximum absolute atomic E-state index is 12.0. The van der Waals surface area contributed by atoms with Crippen LogP contribution in [0.4, 0.5) is 0 Å². The molecule has 19 heavy (non-hydrogen) atoms. The first-order valence-electron chi connectivity index (χ1n) is 7.45. The second kappa shape index (κ2) is 5.38. The standard InChI is InChI=1S/C14H24N2O3/c1-10(13(17)16-11-2-3-11)15-12-4-6-19-14(8-12)5-7-18-9-14/h10-12,15H,2-9H2,1H3,(H,16,17).